The van der Waals surface area contributed by atoms with Gasteiger partial charge in [0, 0.05) is 13.1 Å². The summed E-state index contributed by atoms with van der Waals surface area (Å²) in [6.07, 6.45) is 0.433. The maximum absolute atomic E-state index is 12.3. The minimum atomic E-state index is -0.529. The van der Waals surface area contributed by atoms with Gasteiger partial charge in [0.25, 0.3) is 0 Å². The van der Waals surface area contributed by atoms with E-state index < -0.39 is 25.8 Å². The lowest BCUT2D eigenvalue weighted by Gasteiger charge is -2.27. The molecule has 4 amide bonds. The Morgan fingerprint density at radius 1 is 0.800 bits per heavy atom. The highest BCUT2D eigenvalue weighted by molar-refractivity contribution is 5.85. The Bertz CT molecular complexity index is 356. The van der Waals surface area contributed by atoms with Crippen LogP contribution in [-0.2, 0) is 0 Å². The molecule has 0 saturated carbocycles. The van der Waals surface area contributed by atoms with E-state index in [1.807, 2.05) is 13.8 Å². The average Bonchev–Trinajstić information content (AvgIpc) is 2.85. The fourth-order valence-electron chi connectivity index (χ4n) is 2.99. The second-order valence-corrected chi connectivity index (χ2v) is 5.00. The maximum Gasteiger partial charge on any atom is 0.325 e. The van der Waals surface area contributed by atoms with Crippen LogP contribution in [0.3, 0.4) is 0 Å². The van der Waals surface area contributed by atoms with E-state index in [-0.39, 0.29) is 12.1 Å². The highest BCUT2D eigenvalue weighted by atomic mass is 16.3. The molecule has 2 rings (SSSR count). The van der Waals surface area contributed by atoms with Crippen LogP contribution in [0.25, 0.3) is 0 Å². The topological polar surface area (TPSA) is 87.6 Å². The second-order valence-electron chi connectivity index (χ2n) is 5.00. The van der Waals surface area contributed by atoms with Crippen molar-refractivity contribution >= 4 is 12.1 Å². The van der Waals surface area contributed by atoms with E-state index in [1.54, 1.807) is 9.80 Å². The fraction of sp³-hybridized carbons (Fsp3) is 0.833. The molecule has 114 valence electrons. The van der Waals surface area contributed by atoms with Crippen LogP contribution in [0.4, 0.5) is 9.59 Å². The number of carbonyl (C=O) groups is 2. The van der Waals surface area contributed by atoms with Crippen molar-refractivity contribution < 1.29 is 19.8 Å². The molecule has 0 aromatic heterocycles. The molecule has 2 heterocycles. The molecule has 2 aliphatic heterocycles. The summed E-state index contributed by atoms with van der Waals surface area (Å²) in [5, 5.41) is 18.9. The van der Waals surface area contributed by atoms with Crippen molar-refractivity contribution in [2.75, 3.05) is 26.6 Å². The van der Waals surface area contributed by atoms with Gasteiger partial charge in [0.1, 0.15) is 13.5 Å². The smallest absolute Gasteiger partial charge is 0.325 e. The third-order valence-corrected chi connectivity index (χ3v) is 3.76. The Kier molecular flexibility index (Phi) is 4.34. The minimum absolute atomic E-state index is 0.295. The summed E-state index contributed by atoms with van der Waals surface area (Å²) in [7, 11) is 0. The molecule has 0 bridgehead atoms. The van der Waals surface area contributed by atoms with Gasteiger partial charge in [-0.15, -0.1) is 0 Å². The first kappa shape index (κ1) is 14.9. The summed E-state index contributed by atoms with van der Waals surface area (Å²) in [6, 6.07) is -0.590. The summed E-state index contributed by atoms with van der Waals surface area (Å²) in [6.45, 7) is 3.97. The van der Waals surface area contributed by atoms with Crippen LogP contribution in [0.5, 0.6) is 0 Å². The Morgan fingerprint density at radius 3 is 1.40 bits per heavy atom. The Labute approximate surface area is 118 Å². The number of aliphatic hydroxyl groups is 2. The van der Waals surface area contributed by atoms with Gasteiger partial charge >= 0.3 is 12.1 Å². The van der Waals surface area contributed by atoms with Crippen LogP contribution in [-0.4, -0.2) is 80.8 Å². The molecular weight excluding hydrogens is 264 g/mol. The van der Waals surface area contributed by atoms with Gasteiger partial charge in [-0.3, -0.25) is 19.6 Å². The van der Waals surface area contributed by atoms with Crippen molar-refractivity contribution in [2.24, 2.45) is 0 Å². The van der Waals surface area contributed by atoms with Crippen LogP contribution in [0, 0.1) is 0 Å². The molecule has 2 N–H and O–H groups in total. The average molecular weight is 286 g/mol. The molecule has 0 aromatic rings. The lowest BCUT2D eigenvalue weighted by Crippen LogP contribution is -2.47. The predicted molar refractivity (Wildman–Crippen MR) is 70.2 cm³/mol. The van der Waals surface area contributed by atoms with Crippen molar-refractivity contribution in [2.45, 2.75) is 39.0 Å². The minimum Gasteiger partial charge on any atom is -0.376 e. The van der Waals surface area contributed by atoms with Gasteiger partial charge < -0.3 is 10.2 Å². The molecule has 20 heavy (non-hydrogen) atoms. The van der Waals surface area contributed by atoms with Gasteiger partial charge in [-0.2, -0.15) is 0 Å². The first-order valence-electron chi connectivity index (χ1n) is 6.98. The van der Waals surface area contributed by atoms with Crippen molar-refractivity contribution in [1.82, 2.24) is 19.6 Å². The number of hydrogen-bond donors (Lipinski definition) is 2. The first-order valence-corrected chi connectivity index (χ1v) is 6.98. The quantitative estimate of drug-likeness (QED) is 0.710. The van der Waals surface area contributed by atoms with Gasteiger partial charge in [-0.05, 0) is 12.8 Å². The van der Waals surface area contributed by atoms with Crippen molar-refractivity contribution in [1.29, 1.82) is 0 Å². The van der Waals surface area contributed by atoms with Gasteiger partial charge in [-0.25, -0.2) is 9.59 Å². The second kappa shape index (κ2) is 5.84. The van der Waals surface area contributed by atoms with Crippen molar-refractivity contribution in [3.05, 3.63) is 0 Å². The molecule has 2 saturated heterocycles. The molecule has 2 aliphatic rings. The van der Waals surface area contributed by atoms with Crippen LogP contribution in [0.15, 0.2) is 0 Å². The molecule has 0 aliphatic carbocycles. The zero-order chi connectivity index (χ0) is 14.9. The first-order chi connectivity index (χ1) is 9.62. The van der Waals surface area contributed by atoms with E-state index >= 15 is 0 Å². The fourth-order valence-corrected chi connectivity index (χ4v) is 2.99. The molecule has 8 heteroatoms. The predicted octanol–water partition coefficient (Wildman–Crippen LogP) is -0.167. The van der Waals surface area contributed by atoms with E-state index in [2.05, 4.69) is 0 Å². The highest BCUT2D eigenvalue weighted by Gasteiger charge is 2.58. The number of urea groups is 2. The van der Waals surface area contributed by atoms with E-state index in [9.17, 15) is 19.8 Å². The number of nitrogens with zero attached hydrogens (tertiary/aromatic N) is 4. The van der Waals surface area contributed by atoms with Gasteiger partial charge in [0.15, 0.2) is 12.3 Å². The summed E-state index contributed by atoms with van der Waals surface area (Å²) in [4.78, 5) is 30.3. The van der Waals surface area contributed by atoms with E-state index in [1.165, 1.54) is 9.80 Å². The van der Waals surface area contributed by atoms with E-state index in [0.29, 0.717) is 13.1 Å². The van der Waals surface area contributed by atoms with Crippen LogP contribution >= 0.6 is 0 Å². The number of carbonyl (C=O) groups excluding carboxylic acids is 2. The van der Waals surface area contributed by atoms with Crippen LogP contribution < -0.4 is 0 Å². The SMILES string of the molecule is CCCN1C(=O)N(CO)C2C1N(CO)C(=O)N2CCC. The molecule has 2 atom stereocenters. The molecule has 8 nitrogen and oxygen atoms in total. The Hall–Kier alpha value is -1.54. The maximum atomic E-state index is 12.3. The van der Waals surface area contributed by atoms with Crippen LogP contribution in [0.2, 0.25) is 0 Å². The van der Waals surface area contributed by atoms with Gasteiger partial charge in [0.2, 0.25) is 0 Å². The highest BCUT2D eigenvalue weighted by Crippen LogP contribution is 2.34. The molecular formula is C12H22N4O4. The third kappa shape index (κ3) is 1.99. The lowest BCUT2D eigenvalue weighted by molar-refractivity contribution is 0.0484. The molecule has 0 spiro atoms. The molecule has 2 unspecified atom stereocenters. The molecule has 0 radical (unpaired) electrons. The molecule has 0 aromatic carbocycles. The monoisotopic (exact) mass is 286 g/mol. The van der Waals surface area contributed by atoms with E-state index in [4.69, 9.17) is 0 Å². The summed E-state index contributed by atoms with van der Waals surface area (Å²) >= 11 is 0. The van der Waals surface area contributed by atoms with Gasteiger partial charge in [0.05, 0.1) is 0 Å². The number of hydrogen-bond acceptors (Lipinski definition) is 4. The van der Waals surface area contributed by atoms with E-state index in [0.717, 1.165) is 12.8 Å². The molecule has 2 fully saturated rings. The number of fused-ring (bicyclic) bond motifs is 1. The Balaban J connectivity index is 2.37. The largest absolute Gasteiger partial charge is 0.376 e. The normalized spacial score (nSPS) is 26.0. The van der Waals surface area contributed by atoms with Crippen molar-refractivity contribution in [3.8, 4) is 0 Å². The Morgan fingerprint density at radius 2 is 1.15 bits per heavy atom. The number of rotatable bonds is 6. The van der Waals surface area contributed by atoms with Crippen molar-refractivity contribution in [3.63, 3.8) is 0 Å². The standard InChI is InChI=1S/C12H22N4O4/c1-3-5-13-9-10(16(8-18)11(13)19)14(6-4-2)12(20)15(9)7-17/h9-10,17-18H,3-8H2,1-2H3. The number of amides is 4. The number of aliphatic hydroxyl groups excluding tert-OH is 2. The lowest BCUT2D eigenvalue weighted by atomic mass is 10.3. The summed E-state index contributed by atoms with van der Waals surface area (Å²) < 4.78 is 0. The summed E-state index contributed by atoms with van der Waals surface area (Å²) in [5.41, 5.74) is 0. The van der Waals surface area contributed by atoms with Gasteiger partial charge in [-0.1, -0.05) is 13.8 Å². The zero-order valence-electron chi connectivity index (χ0n) is 11.9. The third-order valence-electron chi connectivity index (χ3n) is 3.76. The summed E-state index contributed by atoms with van der Waals surface area (Å²) in [5.74, 6) is 0. The van der Waals surface area contributed by atoms with Crippen LogP contribution in [0.1, 0.15) is 26.7 Å². The zero-order valence-corrected chi connectivity index (χ0v) is 11.9.